The standard InChI is InChI=1S/C23H24N2O8/c24-22(31)17-14(26)9-12-8-11-7-10-1-2-13(25-3-5-33-6-4-25)18(27)15(10)19(28)16(11)20(29)23(12,32)21(17)30/h1-2,11-12,16-17,27,32H,3-9H2,(H2,24,31)/t11-,12-,16?,17?,23-/m0/s1. The SMILES string of the molecule is NC(=O)C1C(=O)C[C@@H]2C[C@@H]3Cc4ccc(N5CCOCC5)c(O)c4C(=O)C3C(=O)[C@]2(O)C1=O. The summed E-state index contributed by atoms with van der Waals surface area (Å²) < 4.78 is 5.33. The number of aromatic hydroxyl groups is 1. The van der Waals surface area contributed by atoms with E-state index in [4.69, 9.17) is 10.5 Å². The fourth-order valence-electron chi connectivity index (χ4n) is 5.99. The normalized spacial score (nSPS) is 33.9. The van der Waals surface area contributed by atoms with Gasteiger partial charge in [-0.3, -0.25) is 24.0 Å². The number of amides is 1. The van der Waals surface area contributed by atoms with Crippen molar-refractivity contribution in [1.82, 2.24) is 0 Å². The number of phenols is 1. The second-order valence-corrected chi connectivity index (χ2v) is 9.31. The molecule has 2 unspecified atom stereocenters. The van der Waals surface area contributed by atoms with E-state index in [2.05, 4.69) is 0 Å². The summed E-state index contributed by atoms with van der Waals surface area (Å²) in [5, 5.41) is 22.2. The highest BCUT2D eigenvalue weighted by molar-refractivity contribution is 6.31. The van der Waals surface area contributed by atoms with Crippen LogP contribution in [0.5, 0.6) is 5.75 Å². The van der Waals surface area contributed by atoms with E-state index in [1.54, 1.807) is 12.1 Å². The topological polar surface area (TPSA) is 164 Å². The molecular formula is C23H24N2O8. The number of aliphatic hydroxyl groups is 1. The molecule has 5 atom stereocenters. The molecular weight excluding hydrogens is 432 g/mol. The molecule has 4 aliphatic rings. The summed E-state index contributed by atoms with van der Waals surface area (Å²) in [6.07, 6.45) is 0.0305. The summed E-state index contributed by atoms with van der Waals surface area (Å²) in [5.41, 5.74) is 3.61. The van der Waals surface area contributed by atoms with Crippen molar-refractivity contribution >= 4 is 34.7 Å². The van der Waals surface area contributed by atoms with Gasteiger partial charge in [0.05, 0.1) is 30.4 Å². The summed E-state index contributed by atoms with van der Waals surface area (Å²) in [7, 11) is 0. The van der Waals surface area contributed by atoms with Crippen LogP contribution in [0, 0.1) is 23.7 Å². The van der Waals surface area contributed by atoms with Crippen LogP contribution in [0.3, 0.4) is 0 Å². The van der Waals surface area contributed by atoms with Crippen LogP contribution in [0.25, 0.3) is 0 Å². The largest absolute Gasteiger partial charge is 0.505 e. The number of hydrogen-bond donors (Lipinski definition) is 3. The lowest BCUT2D eigenvalue weighted by Crippen LogP contribution is -2.68. The third kappa shape index (κ3) is 2.97. The molecule has 1 aromatic carbocycles. The van der Waals surface area contributed by atoms with Crippen LogP contribution in [0.1, 0.15) is 28.8 Å². The van der Waals surface area contributed by atoms with Crippen LogP contribution in [-0.2, 0) is 30.3 Å². The summed E-state index contributed by atoms with van der Waals surface area (Å²) in [6, 6.07) is 3.48. The molecule has 1 saturated heterocycles. The Morgan fingerprint density at radius 3 is 2.45 bits per heavy atom. The van der Waals surface area contributed by atoms with Crippen LogP contribution >= 0.6 is 0 Å². The van der Waals surface area contributed by atoms with Crippen molar-refractivity contribution in [2.75, 3.05) is 31.2 Å². The van der Waals surface area contributed by atoms with Gasteiger partial charge in [-0.15, -0.1) is 0 Å². The van der Waals surface area contributed by atoms with Crippen LogP contribution in [0.15, 0.2) is 12.1 Å². The van der Waals surface area contributed by atoms with Gasteiger partial charge in [0.25, 0.3) is 0 Å². The molecule has 3 fully saturated rings. The van der Waals surface area contributed by atoms with E-state index < -0.39 is 58.3 Å². The first-order valence-electron chi connectivity index (χ1n) is 11.0. The highest BCUT2D eigenvalue weighted by Gasteiger charge is 2.66. The summed E-state index contributed by atoms with van der Waals surface area (Å²) >= 11 is 0. The summed E-state index contributed by atoms with van der Waals surface area (Å²) in [5.74, 6) is -9.90. The first kappa shape index (κ1) is 21.7. The Bertz CT molecular complexity index is 1110. The van der Waals surface area contributed by atoms with Crippen LogP contribution in [0.2, 0.25) is 0 Å². The first-order valence-corrected chi connectivity index (χ1v) is 11.0. The molecule has 5 rings (SSSR count). The number of phenolic OH excluding ortho intramolecular Hbond substituents is 1. The minimum absolute atomic E-state index is 0.0152. The van der Waals surface area contributed by atoms with Crippen LogP contribution in [0.4, 0.5) is 5.69 Å². The van der Waals surface area contributed by atoms with Crippen LogP contribution in [-0.4, -0.2) is 71.2 Å². The third-order valence-corrected chi connectivity index (χ3v) is 7.61. The zero-order chi connectivity index (χ0) is 23.7. The number of ether oxygens (including phenoxy) is 1. The van der Waals surface area contributed by atoms with Crippen molar-refractivity contribution in [2.24, 2.45) is 29.4 Å². The van der Waals surface area contributed by atoms with E-state index in [1.165, 1.54) is 0 Å². The number of rotatable bonds is 2. The van der Waals surface area contributed by atoms with Crippen molar-refractivity contribution < 1.29 is 38.9 Å². The maximum absolute atomic E-state index is 13.5. The predicted molar refractivity (Wildman–Crippen MR) is 112 cm³/mol. The minimum Gasteiger partial charge on any atom is -0.505 e. The summed E-state index contributed by atoms with van der Waals surface area (Å²) in [4.78, 5) is 65.8. The van der Waals surface area contributed by atoms with Gasteiger partial charge in [0.1, 0.15) is 5.75 Å². The van der Waals surface area contributed by atoms with E-state index in [0.29, 0.717) is 37.6 Å². The first-order chi connectivity index (χ1) is 15.7. The summed E-state index contributed by atoms with van der Waals surface area (Å²) in [6.45, 7) is 2.02. The van der Waals surface area contributed by atoms with Crippen molar-refractivity contribution in [2.45, 2.75) is 24.9 Å². The van der Waals surface area contributed by atoms with Crippen molar-refractivity contribution in [3.8, 4) is 5.75 Å². The second-order valence-electron chi connectivity index (χ2n) is 9.31. The molecule has 2 saturated carbocycles. The number of hydrogen-bond acceptors (Lipinski definition) is 9. The lowest BCUT2D eigenvalue weighted by molar-refractivity contribution is -0.175. The molecule has 1 amide bonds. The van der Waals surface area contributed by atoms with Crippen molar-refractivity contribution in [3.63, 3.8) is 0 Å². The average Bonchev–Trinajstić information content (AvgIpc) is 2.76. The fraction of sp³-hybridized carbons (Fsp3) is 0.522. The molecule has 10 heteroatoms. The second kappa shape index (κ2) is 7.46. The van der Waals surface area contributed by atoms with Gasteiger partial charge < -0.3 is 25.6 Å². The Hall–Kier alpha value is -3.11. The van der Waals surface area contributed by atoms with E-state index >= 15 is 0 Å². The predicted octanol–water partition coefficient (Wildman–Crippen LogP) is -0.836. The highest BCUT2D eigenvalue weighted by atomic mass is 16.5. The number of nitrogens with zero attached hydrogens (tertiary/aromatic N) is 1. The molecule has 1 heterocycles. The van der Waals surface area contributed by atoms with Crippen molar-refractivity contribution in [3.05, 3.63) is 23.3 Å². The molecule has 174 valence electrons. The number of benzene rings is 1. The van der Waals surface area contributed by atoms with Crippen LogP contribution < -0.4 is 10.6 Å². The van der Waals surface area contributed by atoms with Gasteiger partial charge in [-0.2, -0.15) is 0 Å². The lowest BCUT2D eigenvalue weighted by atomic mass is 9.54. The number of carbonyl (C=O) groups excluding carboxylic acids is 5. The molecule has 33 heavy (non-hydrogen) atoms. The van der Waals surface area contributed by atoms with Gasteiger partial charge in [-0.1, -0.05) is 6.07 Å². The number of fused-ring (bicyclic) bond motifs is 3. The van der Waals surface area contributed by atoms with Gasteiger partial charge in [-0.05, 0) is 30.4 Å². The number of nitrogens with two attached hydrogens (primary N) is 1. The fourth-order valence-corrected chi connectivity index (χ4v) is 5.99. The Kier molecular flexibility index (Phi) is 4.91. The minimum atomic E-state index is -2.63. The number of primary amides is 1. The number of ketones is 4. The highest BCUT2D eigenvalue weighted by Crippen LogP contribution is 2.50. The van der Waals surface area contributed by atoms with Gasteiger partial charge in [0, 0.05) is 25.4 Å². The Morgan fingerprint density at radius 1 is 1.09 bits per heavy atom. The molecule has 1 aliphatic heterocycles. The Labute approximate surface area is 188 Å². The number of carbonyl (C=O) groups is 5. The van der Waals surface area contributed by atoms with E-state index in [0.717, 1.165) is 0 Å². The van der Waals surface area contributed by atoms with E-state index in [1.807, 2.05) is 4.90 Å². The van der Waals surface area contributed by atoms with E-state index in [-0.39, 0.29) is 30.6 Å². The van der Waals surface area contributed by atoms with Gasteiger partial charge in [0.15, 0.2) is 34.7 Å². The zero-order valence-electron chi connectivity index (χ0n) is 17.8. The quantitative estimate of drug-likeness (QED) is 0.481. The van der Waals surface area contributed by atoms with Gasteiger partial charge >= 0.3 is 0 Å². The molecule has 4 N–H and O–H groups in total. The smallest absolute Gasteiger partial charge is 0.235 e. The molecule has 0 radical (unpaired) electrons. The monoisotopic (exact) mass is 456 g/mol. The zero-order valence-corrected chi connectivity index (χ0v) is 17.8. The van der Waals surface area contributed by atoms with E-state index in [9.17, 15) is 34.2 Å². The molecule has 3 aliphatic carbocycles. The lowest BCUT2D eigenvalue weighted by Gasteiger charge is -2.48. The number of Topliss-reactive ketones (excluding diaryl/α,β-unsaturated/α-hetero) is 4. The molecule has 0 spiro atoms. The van der Waals surface area contributed by atoms with Gasteiger partial charge in [0.2, 0.25) is 5.91 Å². The molecule has 0 bridgehead atoms. The average molecular weight is 456 g/mol. The number of morpholine rings is 1. The Balaban J connectivity index is 1.54. The molecule has 1 aromatic rings. The van der Waals surface area contributed by atoms with Crippen molar-refractivity contribution in [1.29, 1.82) is 0 Å². The maximum Gasteiger partial charge on any atom is 0.235 e. The van der Waals surface area contributed by atoms with Gasteiger partial charge in [-0.25, -0.2) is 0 Å². The molecule has 0 aromatic heterocycles. The Morgan fingerprint density at radius 2 is 1.79 bits per heavy atom. The maximum atomic E-state index is 13.5. The third-order valence-electron chi connectivity index (χ3n) is 7.61. The number of anilines is 1. The molecule has 10 nitrogen and oxygen atoms in total.